The van der Waals surface area contributed by atoms with E-state index in [2.05, 4.69) is 32.9 Å². The van der Waals surface area contributed by atoms with Crippen molar-refractivity contribution in [2.75, 3.05) is 0 Å². The van der Waals surface area contributed by atoms with Crippen molar-refractivity contribution in [1.29, 1.82) is 0 Å². The summed E-state index contributed by atoms with van der Waals surface area (Å²) in [5.41, 5.74) is 2.63. The van der Waals surface area contributed by atoms with E-state index < -0.39 is 5.97 Å². The molecule has 0 amide bonds. The van der Waals surface area contributed by atoms with E-state index in [9.17, 15) is 4.79 Å². The van der Waals surface area contributed by atoms with Crippen molar-refractivity contribution in [2.24, 2.45) is 5.92 Å². The Morgan fingerprint density at radius 3 is 2.31 bits per heavy atom. The maximum atomic E-state index is 10.8. The molecule has 0 fully saturated rings. The summed E-state index contributed by atoms with van der Waals surface area (Å²) in [5, 5.41) is 8.90. The second kappa shape index (κ2) is 8.14. The first-order valence-electron chi connectivity index (χ1n) is 5.99. The van der Waals surface area contributed by atoms with Gasteiger partial charge in [0.05, 0.1) is 5.92 Å². The Balaban J connectivity index is 4.03. The maximum Gasteiger partial charge on any atom is 0.306 e. The van der Waals surface area contributed by atoms with Crippen molar-refractivity contribution in [3.05, 3.63) is 23.3 Å². The summed E-state index contributed by atoms with van der Waals surface area (Å²) >= 11 is 0. The summed E-state index contributed by atoms with van der Waals surface area (Å²) in [6.45, 7) is 8.19. The van der Waals surface area contributed by atoms with Gasteiger partial charge in [-0.25, -0.2) is 0 Å². The zero-order valence-electron chi connectivity index (χ0n) is 10.9. The quantitative estimate of drug-likeness (QED) is 0.659. The third-order valence-electron chi connectivity index (χ3n) is 2.68. The van der Waals surface area contributed by atoms with E-state index in [0.717, 1.165) is 12.8 Å². The molecule has 0 aliphatic heterocycles. The highest BCUT2D eigenvalue weighted by atomic mass is 16.4. The van der Waals surface area contributed by atoms with Gasteiger partial charge in [-0.3, -0.25) is 4.79 Å². The Morgan fingerprint density at radius 1 is 1.25 bits per heavy atom. The van der Waals surface area contributed by atoms with Crippen LogP contribution in [-0.2, 0) is 4.79 Å². The van der Waals surface area contributed by atoms with E-state index in [4.69, 9.17) is 5.11 Å². The molecule has 0 aliphatic rings. The smallest absolute Gasteiger partial charge is 0.306 e. The summed E-state index contributed by atoms with van der Waals surface area (Å²) < 4.78 is 0. The zero-order valence-corrected chi connectivity index (χ0v) is 10.9. The summed E-state index contributed by atoms with van der Waals surface area (Å²) in [6.07, 6.45) is 7.72. The van der Waals surface area contributed by atoms with Crippen LogP contribution in [0.5, 0.6) is 0 Å². The highest BCUT2D eigenvalue weighted by molar-refractivity contribution is 5.70. The number of carbonyl (C=O) groups is 1. The molecule has 0 saturated carbocycles. The largest absolute Gasteiger partial charge is 0.481 e. The fourth-order valence-electron chi connectivity index (χ4n) is 1.48. The lowest BCUT2D eigenvalue weighted by Crippen LogP contribution is -2.11. The Kier molecular flexibility index (Phi) is 7.61. The van der Waals surface area contributed by atoms with Gasteiger partial charge in [-0.15, -0.1) is 0 Å². The minimum absolute atomic E-state index is 0.224. The highest BCUT2D eigenvalue weighted by Gasteiger charge is 2.12. The molecule has 0 aromatic rings. The summed E-state index contributed by atoms with van der Waals surface area (Å²) in [4.78, 5) is 10.8. The Bertz CT molecular complexity index is 270. The van der Waals surface area contributed by atoms with E-state index in [1.807, 2.05) is 6.92 Å². The van der Waals surface area contributed by atoms with Crippen molar-refractivity contribution in [1.82, 2.24) is 0 Å². The number of hydrogen-bond acceptors (Lipinski definition) is 1. The third-order valence-corrected chi connectivity index (χ3v) is 2.68. The van der Waals surface area contributed by atoms with Crippen LogP contribution in [0.15, 0.2) is 23.3 Å². The van der Waals surface area contributed by atoms with Crippen molar-refractivity contribution in [2.45, 2.75) is 53.4 Å². The predicted molar refractivity (Wildman–Crippen MR) is 68.5 cm³/mol. The number of hydrogen-bond donors (Lipinski definition) is 1. The molecule has 0 heterocycles. The van der Waals surface area contributed by atoms with Crippen LogP contribution in [0.3, 0.4) is 0 Å². The van der Waals surface area contributed by atoms with Gasteiger partial charge >= 0.3 is 5.97 Å². The van der Waals surface area contributed by atoms with Crippen LogP contribution in [0.1, 0.15) is 53.4 Å². The lowest BCUT2D eigenvalue weighted by molar-refractivity contribution is -0.141. The van der Waals surface area contributed by atoms with Crippen molar-refractivity contribution in [3.8, 4) is 0 Å². The highest BCUT2D eigenvalue weighted by Crippen LogP contribution is 2.13. The Hall–Kier alpha value is -1.05. The second-order valence-electron chi connectivity index (χ2n) is 4.55. The standard InChI is InChI=1S/C14H24O2/c1-5-13(14(15)16)10-9-12(4)8-6-7-11(2)3/h7,9,13H,5-6,8,10H2,1-4H3,(H,15,16). The monoisotopic (exact) mass is 224 g/mol. The van der Waals surface area contributed by atoms with Gasteiger partial charge in [-0.2, -0.15) is 0 Å². The van der Waals surface area contributed by atoms with Gasteiger partial charge in [0.2, 0.25) is 0 Å². The summed E-state index contributed by atoms with van der Waals surface area (Å²) in [6, 6.07) is 0. The van der Waals surface area contributed by atoms with Crippen LogP contribution < -0.4 is 0 Å². The summed E-state index contributed by atoms with van der Waals surface area (Å²) in [5.74, 6) is -0.908. The number of allylic oxidation sites excluding steroid dienone is 4. The first kappa shape index (κ1) is 14.9. The molecule has 2 heteroatoms. The first-order valence-corrected chi connectivity index (χ1v) is 5.99. The van der Waals surface area contributed by atoms with Crippen LogP contribution in [0.2, 0.25) is 0 Å². The van der Waals surface area contributed by atoms with Crippen molar-refractivity contribution in [3.63, 3.8) is 0 Å². The van der Waals surface area contributed by atoms with E-state index in [1.165, 1.54) is 11.1 Å². The number of aliphatic carboxylic acids is 1. The second-order valence-corrected chi connectivity index (χ2v) is 4.55. The molecule has 0 spiro atoms. The van der Waals surface area contributed by atoms with Gasteiger partial charge in [0.1, 0.15) is 0 Å². The molecule has 0 saturated heterocycles. The van der Waals surface area contributed by atoms with E-state index in [1.54, 1.807) is 0 Å². The molecular weight excluding hydrogens is 200 g/mol. The van der Waals surface area contributed by atoms with Gasteiger partial charge in [-0.1, -0.05) is 30.2 Å². The average molecular weight is 224 g/mol. The topological polar surface area (TPSA) is 37.3 Å². The minimum atomic E-state index is -0.684. The molecule has 1 unspecified atom stereocenters. The van der Waals surface area contributed by atoms with Gasteiger partial charge in [0.25, 0.3) is 0 Å². The molecule has 2 nitrogen and oxygen atoms in total. The van der Waals surface area contributed by atoms with Crippen LogP contribution in [-0.4, -0.2) is 11.1 Å². The molecule has 1 atom stereocenters. The Morgan fingerprint density at radius 2 is 1.88 bits per heavy atom. The first-order chi connectivity index (χ1) is 7.47. The minimum Gasteiger partial charge on any atom is -0.481 e. The maximum absolute atomic E-state index is 10.8. The lowest BCUT2D eigenvalue weighted by atomic mass is 10.00. The molecule has 0 aromatic heterocycles. The molecule has 1 N–H and O–H groups in total. The average Bonchev–Trinajstić information content (AvgIpc) is 2.17. The molecule has 0 radical (unpaired) electrons. The van der Waals surface area contributed by atoms with Gasteiger partial charge in [-0.05, 0) is 46.5 Å². The van der Waals surface area contributed by atoms with Gasteiger partial charge in [0.15, 0.2) is 0 Å². The van der Waals surface area contributed by atoms with Crippen LogP contribution in [0.25, 0.3) is 0 Å². The van der Waals surface area contributed by atoms with E-state index in [0.29, 0.717) is 12.8 Å². The normalized spacial score (nSPS) is 13.4. The van der Waals surface area contributed by atoms with E-state index >= 15 is 0 Å². The molecular formula is C14H24O2. The number of rotatable bonds is 7. The van der Waals surface area contributed by atoms with Gasteiger partial charge in [0, 0.05) is 0 Å². The number of carboxylic acid groups (broad SMARTS) is 1. The molecule has 16 heavy (non-hydrogen) atoms. The van der Waals surface area contributed by atoms with Crippen molar-refractivity contribution < 1.29 is 9.90 Å². The molecule has 0 aliphatic carbocycles. The fourth-order valence-corrected chi connectivity index (χ4v) is 1.48. The van der Waals surface area contributed by atoms with Crippen molar-refractivity contribution >= 4 is 5.97 Å². The summed E-state index contributed by atoms with van der Waals surface area (Å²) in [7, 11) is 0. The predicted octanol–water partition coefficient (Wildman–Crippen LogP) is 4.18. The third kappa shape index (κ3) is 7.27. The van der Waals surface area contributed by atoms with Gasteiger partial charge < -0.3 is 5.11 Å². The van der Waals surface area contributed by atoms with Crippen LogP contribution in [0, 0.1) is 5.92 Å². The SMILES string of the molecule is CCC(CC=C(C)CCC=C(C)C)C(=O)O. The van der Waals surface area contributed by atoms with Crippen LogP contribution in [0.4, 0.5) is 0 Å². The lowest BCUT2D eigenvalue weighted by Gasteiger charge is -2.06. The zero-order chi connectivity index (χ0) is 12.6. The number of carboxylic acids is 1. The molecule has 0 aromatic carbocycles. The Labute approximate surface area is 99.1 Å². The van der Waals surface area contributed by atoms with Crippen LogP contribution >= 0.6 is 0 Å². The molecule has 0 bridgehead atoms. The van der Waals surface area contributed by atoms with E-state index in [-0.39, 0.29) is 5.92 Å². The molecule has 0 rings (SSSR count). The fraction of sp³-hybridized carbons (Fsp3) is 0.643. The molecule has 92 valence electrons.